The number of benzene rings is 1. The van der Waals surface area contributed by atoms with Crippen molar-refractivity contribution in [3.05, 3.63) is 59.0 Å². The average molecular weight is 704 g/mol. The second-order valence-corrected chi connectivity index (χ2v) is 16.0. The van der Waals surface area contributed by atoms with Crippen molar-refractivity contribution >= 4 is 29.4 Å². The summed E-state index contributed by atoms with van der Waals surface area (Å²) >= 11 is 6.74. The van der Waals surface area contributed by atoms with Gasteiger partial charge in [0.05, 0.1) is 37.5 Å². The molecular formula is C39H50ClN5O5. The number of aromatic nitrogens is 3. The molecule has 5 fully saturated rings. The number of pyridine rings is 1. The van der Waals surface area contributed by atoms with Gasteiger partial charge < -0.3 is 19.5 Å². The third-order valence-electron chi connectivity index (χ3n) is 12.1. The van der Waals surface area contributed by atoms with Crippen LogP contribution in [0.2, 0.25) is 5.02 Å². The Hall–Kier alpha value is -3.63. The van der Waals surface area contributed by atoms with Gasteiger partial charge in [0.15, 0.2) is 0 Å². The van der Waals surface area contributed by atoms with Crippen LogP contribution in [0.3, 0.4) is 0 Å². The molecule has 1 aliphatic heterocycles. The SMILES string of the molecule is COc1ccc(C23CCC(CN(c4cc(-c5cnn(C(C)C)c5)c(Cl)cn4)C(=O)[C@H]4CC[C@H](OC(=O)N5CC(O)C5)CC4)(CC2)CC3)cc1C. The zero-order valence-corrected chi connectivity index (χ0v) is 30.5. The Morgan fingerprint density at radius 3 is 2.34 bits per heavy atom. The molecule has 4 aliphatic carbocycles. The predicted molar refractivity (Wildman–Crippen MR) is 193 cm³/mol. The minimum Gasteiger partial charge on any atom is -0.496 e. The van der Waals surface area contributed by atoms with Crippen molar-refractivity contribution in [1.29, 1.82) is 0 Å². The number of fused-ring (bicyclic) bond motifs is 3. The van der Waals surface area contributed by atoms with E-state index in [1.807, 2.05) is 28.0 Å². The van der Waals surface area contributed by atoms with Gasteiger partial charge in [0.1, 0.15) is 17.7 Å². The summed E-state index contributed by atoms with van der Waals surface area (Å²) in [4.78, 5) is 35.4. The van der Waals surface area contributed by atoms with Crippen LogP contribution in [0.5, 0.6) is 5.75 Å². The minimum atomic E-state index is -0.467. The van der Waals surface area contributed by atoms with E-state index in [-0.39, 0.29) is 40.9 Å². The van der Waals surface area contributed by atoms with Crippen LogP contribution in [0.15, 0.2) is 42.9 Å². The van der Waals surface area contributed by atoms with E-state index in [1.165, 1.54) is 16.0 Å². The fraction of sp³-hybridized carbons (Fsp3) is 0.590. The Bertz CT molecular complexity index is 1700. The second kappa shape index (κ2) is 13.8. The molecule has 2 aromatic heterocycles. The molecular weight excluding hydrogens is 654 g/mol. The lowest BCUT2D eigenvalue weighted by Crippen LogP contribution is -2.54. The van der Waals surface area contributed by atoms with E-state index >= 15 is 0 Å². The average Bonchev–Trinajstić information content (AvgIpc) is 3.61. The minimum absolute atomic E-state index is 0.0114. The van der Waals surface area contributed by atoms with Gasteiger partial charge in [-0.05, 0) is 119 Å². The number of likely N-dealkylation sites (tertiary alicyclic amines) is 1. The van der Waals surface area contributed by atoms with Gasteiger partial charge >= 0.3 is 6.09 Å². The quantitative estimate of drug-likeness (QED) is 0.246. The van der Waals surface area contributed by atoms with Crippen LogP contribution in [-0.2, 0) is 14.9 Å². The van der Waals surface area contributed by atoms with E-state index in [0.29, 0.717) is 56.2 Å². The van der Waals surface area contributed by atoms with E-state index in [0.717, 1.165) is 55.4 Å². The number of aryl methyl sites for hydroxylation is 1. The second-order valence-electron chi connectivity index (χ2n) is 15.6. The summed E-state index contributed by atoms with van der Waals surface area (Å²) < 4.78 is 13.2. The lowest BCUT2D eigenvalue weighted by molar-refractivity contribution is -0.124. The number of aliphatic hydroxyl groups is 1. The van der Waals surface area contributed by atoms with Crippen LogP contribution in [0.4, 0.5) is 10.6 Å². The smallest absolute Gasteiger partial charge is 0.410 e. The molecule has 4 saturated carbocycles. The number of nitrogens with zero attached hydrogens (tertiary/aromatic N) is 5. The monoisotopic (exact) mass is 703 g/mol. The summed E-state index contributed by atoms with van der Waals surface area (Å²) in [5.74, 6) is 1.45. The zero-order valence-electron chi connectivity index (χ0n) is 29.7. The number of ether oxygens (including phenoxy) is 2. The van der Waals surface area contributed by atoms with Crippen LogP contribution in [0.25, 0.3) is 11.1 Å². The largest absolute Gasteiger partial charge is 0.496 e. The Morgan fingerprint density at radius 1 is 1.04 bits per heavy atom. The van der Waals surface area contributed by atoms with Gasteiger partial charge in [-0.25, -0.2) is 9.78 Å². The molecule has 0 spiro atoms. The van der Waals surface area contributed by atoms with E-state index in [4.69, 9.17) is 26.1 Å². The molecule has 0 atom stereocenters. The number of rotatable bonds is 9. The van der Waals surface area contributed by atoms with E-state index in [9.17, 15) is 14.7 Å². The number of aliphatic hydroxyl groups excluding tert-OH is 1. The first-order valence-corrected chi connectivity index (χ1v) is 18.7. The summed E-state index contributed by atoms with van der Waals surface area (Å²) in [6.07, 6.45) is 13.4. The summed E-state index contributed by atoms with van der Waals surface area (Å²) in [6, 6.07) is 8.84. The van der Waals surface area contributed by atoms with Gasteiger partial charge in [-0.3, -0.25) is 14.4 Å². The highest BCUT2D eigenvalue weighted by molar-refractivity contribution is 6.33. The highest BCUT2D eigenvalue weighted by Crippen LogP contribution is 2.58. The fourth-order valence-corrected chi connectivity index (χ4v) is 8.99. The maximum absolute atomic E-state index is 14.7. The Labute approximate surface area is 300 Å². The molecule has 3 heterocycles. The van der Waals surface area contributed by atoms with E-state index in [1.54, 1.807) is 13.3 Å². The van der Waals surface area contributed by atoms with Crippen LogP contribution in [-0.4, -0.2) is 75.7 Å². The van der Waals surface area contributed by atoms with E-state index < -0.39 is 6.10 Å². The number of amides is 2. The normalized spacial score (nSPS) is 26.5. The lowest BCUT2D eigenvalue weighted by atomic mass is 9.51. The summed E-state index contributed by atoms with van der Waals surface area (Å²) in [7, 11) is 1.72. The fourth-order valence-electron chi connectivity index (χ4n) is 8.77. The van der Waals surface area contributed by atoms with Crippen LogP contribution in [0.1, 0.15) is 95.2 Å². The van der Waals surface area contributed by atoms with Gasteiger partial charge in [0.25, 0.3) is 0 Å². The summed E-state index contributed by atoms with van der Waals surface area (Å²) in [6.45, 7) is 7.54. The van der Waals surface area contributed by atoms with Crippen LogP contribution in [0, 0.1) is 18.3 Å². The first kappa shape index (κ1) is 34.8. The molecule has 8 rings (SSSR count). The van der Waals surface area contributed by atoms with Gasteiger partial charge in [0.2, 0.25) is 5.91 Å². The van der Waals surface area contributed by atoms with Crippen molar-refractivity contribution in [3.63, 3.8) is 0 Å². The molecule has 3 aromatic rings. The first-order valence-electron chi connectivity index (χ1n) is 18.3. The van der Waals surface area contributed by atoms with E-state index in [2.05, 4.69) is 44.1 Å². The number of anilines is 1. The number of β-amino-alcohol motifs (C(OH)–C–C–N with tert-alkyl or cyclic N) is 1. The molecule has 50 heavy (non-hydrogen) atoms. The van der Waals surface area contributed by atoms with Gasteiger partial charge in [-0.1, -0.05) is 23.7 Å². The summed E-state index contributed by atoms with van der Waals surface area (Å²) in [5.41, 5.74) is 4.46. The van der Waals surface area contributed by atoms with Crippen molar-refractivity contribution in [2.24, 2.45) is 11.3 Å². The third kappa shape index (κ3) is 6.73. The van der Waals surface area contributed by atoms with Gasteiger partial charge in [-0.2, -0.15) is 5.10 Å². The van der Waals surface area contributed by atoms with Crippen LogP contribution >= 0.6 is 11.6 Å². The maximum Gasteiger partial charge on any atom is 0.410 e. The number of carbonyl (C=O) groups is 2. The Balaban J connectivity index is 1.12. The first-order chi connectivity index (χ1) is 24.0. The molecule has 2 amide bonds. The molecule has 11 heteroatoms. The van der Waals surface area contributed by atoms with Crippen molar-refractivity contribution < 1.29 is 24.2 Å². The van der Waals surface area contributed by atoms with Gasteiger partial charge in [-0.15, -0.1) is 0 Å². The molecule has 10 nitrogen and oxygen atoms in total. The third-order valence-corrected chi connectivity index (χ3v) is 12.4. The standard InChI is InChI=1S/C39H50ClN5O5/c1-25(2)45-21-28(19-42-45)32-18-35(41-20-33(32)40)44(36(47)27-5-8-31(9-6-27)50-37(48)43-22-30(46)23-43)24-38-11-14-39(15-12-38,16-13-38)29-7-10-34(49-4)26(3)17-29/h7,10,17-21,25,27,30-31,46H,5-6,8-9,11-16,22-24H2,1-4H3/t27-,31-,38?,39?. The molecule has 0 radical (unpaired) electrons. The Morgan fingerprint density at radius 2 is 1.74 bits per heavy atom. The number of halogens is 1. The van der Waals surface area contributed by atoms with Gasteiger partial charge in [0, 0.05) is 42.0 Å². The topological polar surface area (TPSA) is 110 Å². The lowest BCUT2D eigenvalue weighted by Gasteiger charge is -2.55. The van der Waals surface area contributed by atoms with Crippen molar-refractivity contribution in [3.8, 4) is 16.9 Å². The molecule has 0 unspecified atom stereocenters. The highest BCUT2D eigenvalue weighted by atomic mass is 35.5. The summed E-state index contributed by atoms with van der Waals surface area (Å²) in [5, 5.41) is 14.6. The van der Waals surface area contributed by atoms with Crippen LogP contribution < -0.4 is 9.64 Å². The molecule has 2 bridgehead atoms. The predicted octanol–water partition coefficient (Wildman–Crippen LogP) is 7.49. The Kier molecular flexibility index (Phi) is 9.62. The molecule has 1 N–H and O–H groups in total. The molecule has 1 saturated heterocycles. The number of methoxy groups -OCH3 is 1. The number of carbonyl (C=O) groups excluding carboxylic acids is 2. The molecule has 268 valence electrons. The van der Waals surface area contributed by atoms with Crippen molar-refractivity contribution in [2.45, 2.75) is 109 Å². The molecule has 1 aromatic carbocycles. The highest BCUT2D eigenvalue weighted by Gasteiger charge is 2.51. The zero-order chi connectivity index (χ0) is 35.2. The number of hydrogen-bond acceptors (Lipinski definition) is 7. The molecule has 5 aliphatic rings. The number of hydrogen-bond donors (Lipinski definition) is 1. The maximum atomic E-state index is 14.7. The van der Waals surface area contributed by atoms with Crippen molar-refractivity contribution in [1.82, 2.24) is 19.7 Å². The van der Waals surface area contributed by atoms with Crippen molar-refractivity contribution in [2.75, 3.05) is 31.6 Å².